The lowest BCUT2D eigenvalue weighted by molar-refractivity contribution is 0.0691. The van der Waals surface area contributed by atoms with Gasteiger partial charge in [0.05, 0.1) is 12.2 Å². The Kier molecular flexibility index (Phi) is 4.35. The number of carbonyl (C=O) groups is 1. The number of allylic oxidation sites excluding steroid dienone is 3. The van der Waals surface area contributed by atoms with E-state index in [2.05, 4.69) is 0 Å². The number of aliphatic hydroxyl groups is 1. The van der Waals surface area contributed by atoms with Gasteiger partial charge in [0.1, 0.15) is 0 Å². The van der Waals surface area contributed by atoms with Gasteiger partial charge in [0.15, 0.2) is 0 Å². The normalized spacial score (nSPS) is 27.0. The van der Waals surface area contributed by atoms with Gasteiger partial charge in [-0.25, -0.2) is 4.79 Å². The SMILES string of the molecule is Cc1cccc(C(=O)O)c1[C@@]1(CO)CCCC2CC(Cl)=CC=C21. The number of hydrogen-bond donors (Lipinski definition) is 2. The molecule has 3 rings (SSSR count). The van der Waals surface area contributed by atoms with Gasteiger partial charge in [-0.1, -0.05) is 41.8 Å². The Labute approximate surface area is 141 Å². The molecule has 2 aliphatic carbocycles. The Morgan fingerprint density at radius 1 is 1.39 bits per heavy atom. The molecule has 0 bridgehead atoms. The first-order valence-electron chi connectivity index (χ1n) is 8.00. The minimum Gasteiger partial charge on any atom is -0.478 e. The minimum absolute atomic E-state index is 0.0775. The van der Waals surface area contributed by atoms with Crippen molar-refractivity contribution < 1.29 is 15.0 Å². The molecule has 4 heteroatoms. The summed E-state index contributed by atoms with van der Waals surface area (Å²) in [6, 6.07) is 5.33. The van der Waals surface area contributed by atoms with Crippen LogP contribution >= 0.6 is 11.6 Å². The second-order valence-electron chi connectivity index (χ2n) is 6.57. The third kappa shape index (κ3) is 2.62. The number of benzene rings is 1. The van der Waals surface area contributed by atoms with Crippen molar-refractivity contribution >= 4 is 17.6 Å². The lowest BCUT2D eigenvalue weighted by atomic mass is 9.59. The maximum atomic E-state index is 11.8. The van der Waals surface area contributed by atoms with E-state index in [1.165, 1.54) is 0 Å². The van der Waals surface area contributed by atoms with Gasteiger partial charge in [-0.3, -0.25) is 0 Å². The van der Waals surface area contributed by atoms with Crippen molar-refractivity contribution in [2.45, 2.75) is 38.0 Å². The Morgan fingerprint density at radius 2 is 2.17 bits per heavy atom. The smallest absolute Gasteiger partial charge is 0.336 e. The van der Waals surface area contributed by atoms with E-state index < -0.39 is 11.4 Å². The Balaban J connectivity index is 2.24. The summed E-state index contributed by atoms with van der Waals surface area (Å²) in [6.45, 7) is 1.85. The molecule has 0 saturated heterocycles. The number of aromatic carboxylic acids is 1. The van der Waals surface area contributed by atoms with Crippen LogP contribution in [-0.2, 0) is 5.41 Å². The van der Waals surface area contributed by atoms with Crippen LogP contribution in [0.5, 0.6) is 0 Å². The van der Waals surface area contributed by atoms with E-state index in [4.69, 9.17) is 11.6 Å². The summed E-state index contributed by atoms with van der Waals surface area (Å²) >= 11 is 6.19. The molecule has 2 atom stereocenters. The number of hydrogen-bond acceptors (Lipinski definition) is 2. The molecule has 2 N–H and O–H groups in total. The summed E-state index contributed by atoms with van der Waals surface area (Å²) < 4.78 is 0. The first-order chi connectivity index (χ1) is 11.0. The quantitative estimate of drug-likeness (QED) is 0.873. The van der Waals surface area contributed by atoms with Crippen LogP contribution in [0.2, 0.25) is 0 Å². The van der Waals surface area contributed by atoms with Crippen molar-refractivity contribution in [2.75, 3.05) is 6.61 Å². The predicted octanol–water partition coefficient (Wildman–Crippen LogP) is 4.18. The fourth-order valence-corrected chi connectivity index (χ4v) is 4.58. The van der Waals surface area contributed by atoms with Gasteiger partial charge in [-0.2, -0.15) is 0 Å². The zero-order chi connectivity index (χ0) is 16.6. The van der Waals surface area contributed by atoms with Crippen LogP contribution in [-0.4, -0.2) is 22.8 Å². The van der Waals surface area contributed by atoms with Crippen LogP contribution < -0.4 is 0 Å². The van der Waals surface area contributed by atoms with Crippen molar-refractivity contribution in [1.82, 2.24) is 0 Å². The van der Waals surface area contributed by atoms with Crippen LogP contribution in [0.3, 0.4) is 0 Å². The largest absolute Gasteiger partial charge is 0.478 e. The second-order valence-corrected chi connectivity index (χ2v) is 7.06. The standard InChI is InChI=1S/C19H21ClO3/c1-12-4-2-6-15(18(22)23)17(12)19(11-21)9-3-5-13-10-14(20)7-8-16(13)19/h2,4,6-8,13,21H,3,5,9-11H2,1H3,(H,22,23)/t13?,19-/m1/s1. The highest BCUT2D eigenvalue weighted by Crippen LogP contribution is 2.51. The molecule has 1 unspecified atom stereocenters. The van der Waals surface area contributed by atoms with E-state index in [1.807, 2.05) is 25.1 Å². The zero-order valence-electron chi connectivity index (χ0n) is 13.2. The summed E-state index contributed by atoms with van der Waals surface area (Å²) in [6.07, 6.45) is 7.43. The van der Waals surface area contributed by atoms with Crippen molar-refractivity contribution in [3.05, 3.63) is 57.6 Å². The maximum Gasteiger partial charge on any atom is 0.336 e. The minimum atomic E-state index is -0.941. The van der Waals surface area contributed by atoms with Crippen molar-refractivity contribution in [3.8, 4) is 0 Å². The molecular formula is C19H21ClO3. The average molecular weight is 333 g/mol. The molecule has 2 aliphatic rings. The lowest BCUT2D eigenvalue weighted by Gasteiger charge is -2.45. The second kappa shape index (κ2) is 6.14. The highest BCUT2D eigenvalue weighted by atomic mass is 35.5. The number of carboxylic acid groups (broad SMARTS) is 1. The molecule has 0 heterocycles. The molecule has 0 aromatic heterocycles. The molecule has 1 fully saturated rings. The number of carboxylic acids is 1. The predicted molar refractivity (Wildman–Crippen MR) is 90.9 cm³/mol. The van der Waals surface area contributed by atoms with E-state index in [9.17, 15) is 15.0 Å². The summed E-state index contributed by atoms with van der Waals surface area (Å²) in [5.74, 6) is -0.654. The first-order valence-corrected chi connectivity index (χ1v) is 8.38. The fraction of sp³-hybridized carbons (Fsp3) is 0.421. The van der Waals surface area contributed by atoms with E-state index in [0.29, 0.717) is 5.56 Å². The highest BCUT2D eigenvalue weighted by Gasteiger charge is 2.45. The topological polar surface area (TPSA) is 57.5 Å². The Hall–Kier alpha value is -1.58. The lowest BCUT2D eigenvalue weighted by Crippen LogP contribution is -2.41. The zero-order valence-corrected chi connectivity index (χ0v) is 13.9. The summed E-state index contributed by atoms with van der Waals surface area (Å²) in [4.78, 5) is 11.8. The molecule has 23 heavy (non-hydrogen) atoms. The van der Waals surface area contributed by atoms with Crippen molar-refractivity contribution in [3.63, 3.8) is 0 Å². The van der Waals surface area contributed by atoms with Gasteiger partial charge >= 0.3 is 5.97 Å². The van der Waals surface area contributed by atoms with Crippen molar-refractivity contribution in [2.24, 2.45) is 5.92 Å². The molecule has 1 aromatic carbocycles. The molecule has 1 saturated carbocycles. The van der Waals surface area contributed by atoms with Crippen LogP contribution in [0.25, 0.3) is 0 Å². The molecule has 0 amide bonds. The molecular weight excluding hydrogens is 312 g/mol. The molecule has 122 valence electrons. The third-order valence-corrected chi connectivity index (χ3v) is 5.57. The first kappa shape index (κ1) is 16.3. The number of aliphatic hydroxyl groups excluding tert-OH is 1. The van der Waals surface area contributed by atoms with E-state index in [0.717, 1.165) is 47.4 Å². The van der Waals surface area contributed by atoms with Gasteiger partial charge < -0.3 is 10.2 Å². The Bertz CT molecular complexity index is 705. The van der Waals surface area contributed by atoms with Gasteiger partial charge in [0, 0.05) is 10.4 Å². The fourth-order valence-electron chi connectivity index (χ4n) is 4.33. The van der Waals surface area contributed by atoms with Crippen LogP contribution in [0.15, 0.2) is 41.0 Å². The molecule has 3 nitrogen and oxygen atoms in total. The number of aryl methyl sites for hydroxylation is 1. The van der Waals surface area contributed by atoms with Gasteiger partial charge in [0.2, 0.25) is 0 Å². The number of fused-ring (bicyclic) bond motifs is 1. The van der Waals surface area contributed by atoms with E-state index >= 15 is 0 Å². The van der Waals surface area contributed by atoms with Gasteiger partial charge in [-0.15, -0.1) is 0 Å². The molecule has 0 spiro atoms. The Morgan fingerprint density at radius 3 is 2.87 bits per heavy atom. The molecule has 1 aromatic rings. The highest BCUT2D eigenvalue weighted by molar-refractivity contribution is 6.29. The van der Waals surface area contributed by atoms with E-state index in [-0.39, 0.29) is 12.5 Å². The summed E-state index contributed by atoms with van der Waals surface area (Å²) in [7, 11) is 0. The summed E-state index contributed by atoms with van der Waals surface area (Å²) in [5, 5.41) is 20.8. The maximum absolute atomic E-state index is 11.8. The van der Waals surface area contributed by atoms with Crippen molar-refractivity contribution in [1.29, 1.82) is 0 Å². The van der Waals surface area contributed by atoms with Crippen LogP contribution in [0.4, 0.5) is 0 Å². The monoisotopic (exact) mass is 332 g/mol. The average Bonchev–Trinajstić information content (AvgIpc) is 2.53. The number of rotatable bonds is 3. The molecule has 0 radical (unpaired) electrons. The van der Waals surface area contributed by atoms with Crippen LogP contribution in [0, 0.1) is 12.8 Å². The third-order valence-electron chi connectivity index (χ3n) is 5.29. The number of halogens is 1. The van der Waals surface area contributed by atoms with E-state index in [1.54, 1.807) is 12.1 Å². The van der Waals surface area contributed by atoms with Gasteiger partial charge in [-0.05, 0) is 55.4 Å². The summed E-state index contributed by atoms with van der Waals surface area (Å²) in [5.41, 5.74) is 2.49. The van der Waals surface area contributed by atoms with Crippen LogP contribution in [0.1, 0.15) is 47.2 Å². The van der Waals surface area contributed by atoms with Gasteiger partial charge in [0.25, 0.3) is 0 Å². The molecule has 0 aliphatic heterocycles.